The zero-order valence-corrected chi connectivity index (χ0v) is 8.12. The molecule has 74 valence electrons. The highest BCUT2D eigenvalue weighted by molar-refractivity contribution is 5.73. The second-order valence-electron chi connectivity index (χ2n) is 4.06. The molecular weight excluding hydrogens is 168 g/mol. The van der Waals surface area contributed by atoms with E-state index in [-0.39, 0.29) is 18.2 Å². The summed E-state index contributed by atoms with van der Waals surface area (Å²) < 4.78 is 5.63. The molecule has 2 heterocycles. The van der Waals surface area contributed by atoms with Crippen molar-refractivity contribution in [3.05, 3.63) is 0 Å². The molecule has 2 bridgehead atoms. The molecule has 0 aromatic rings. The average molecular weight is 184 g/mol. The van der Waals surface area contributed by atoms with Gasteiger partial charge < -0.3 is 15.0 Å². The van der Waals surface area contributed by atoms with Gasteiger partial charge in [0.15, 0.2) is 0 Å². The smallest absolute Gasteiger partial charge is 0.317 e. The Labute approximate surface area is 78.2 Å². The fraction of sp³-hybridized carbons (Fsp3) is 0.889. The van der Waals surface area contributed by atoms with E-state index in [4.69, 9.17) is 4.74 Å². The third-order valence-corrected chi connectivity index (χ3v) is 2.82. The zero-order chi connectivity index (χ0) is 9.42. The van der Waals surface area contributed by atoms with Gasteiger partial charge in [0.05, 0.1) is 18.2 Å². The van der Waals surface area contributed by atoms with Crippen molar-refractivity contribution in [2.45, 2.75) is 37.5 Å². The van der Waals surface area contributed by atoms with E-state index in [1.54, 1.807) is 19.0 Å². The van der Waals surface area contributed by atoms with Gasteiger partial charge >= 0.3 is 6.03 Å². The quantitative estimate of drug-likeness (QED) is 0.647. The molecule has 2 amide bonds. The highest BCUT2D eigenvalue weighted by atomic mass is 16.5. The van der Waals surface area contributed by atoms with Crippen LogP contribution in [0.1, 0.15) is 19.3 Å². The van der Waals surface area contributed by atoms with Gasteiger partial charge in [-0.1, -0.05) is 0 Å². The van der Waals surface area contributed by atoms with Crippen molar-refractivity contribution in [2.75, 3.05) is 14.1 Å². The molecule has 0 saturated carbocycles. The van der Waals surface area contributed by atoms with E-state index in [0.717, 1.165) is 12.8 Å². The van der Waals surface area contributed by atoms with Gasteiger partial charge in [-0.05, 0) is 19.3 Å². The third kappa shape index (κ3) is 1.63. The Morgan fingerprint density at radius 1 is 1.46 bits per heavy atom. The number of hydrogen-bond donors (Lipinski definition) is 1. The van der Waals surface area contributed by atoms with Crippen LogP contribution in [0.15, 0.2) is 0 Å². The molecule has 1 N–H and O–H groups in total. The summed E-state index contributed by atoms with van der Waals surface area (Å²) in [6.45, 7) is 0. The molecule has 4 nitrogen and oxygen atoms in total. The first kappa shape index (κ1) is 8.81. The van der Waals surface area contributed by atoms with Gasteiger partial charge in [0, 0.05) is 14.1 Å². The van der Waals surface area contributed by atoms with Gasteiger partial charge in [-0.3, -0.25) is 0 Å². The lowest BCUT2D eigenvalue weighted by molar-refractivity contribution is 0.0975. The van der Waals surface area contributed by atoms with Crippen LogP contribution in [0, 0.1) is 0 Å². The lowest BCUT2D eigenvalue weighted by atomic mass is 9.96. The van der Waals surface area contributed by atoms with Crippen molar-refractivity contribution in [2.24, 2.45) is 0 Å². The van der Waals surface area contributed by atoms with Gasteiger partial charge in [-0.2, -0.15) is 0 Å². The van der Waals surface area contributed by atoms with E-state index in [1.165, 1.54) is 6.42 Å². The second kappa shape index (κ2) is 3.18. The summed E-state index contributed by atoms with van der Waals surface area (Å²) in [7, 11) is 3.51. The van der Waals surface area contributed by atoms with Crippen LogP contribution in [-0.4, -0.2) is 43.3 Å². The number of ether oxygens (including phenoxy) is 1. The molecule has 3 atom stereocenters. The number of carbonyl (C=O) groups is 1. The third-order valence-electron chi connectivity index (χ3n) is 2.82. The number of hydrogen-bond acceptors (Lipinski definition) is 2. The number of rotatable bonds is 1. The fourth-order valence-electron chi connectivity index (χ4n) is 2.08. The van der Waals surface area contributed by atoms with Crippen molar-refractivity contribution in [3.8, 4) is 0 Å². The van der Waals surface area contributed by atoms with Gasteiger partial charge in [-0.25, -0.2) is 4.79 Å². The van der Waals surface area contributed by atoms with Gasteiger partial charge in [0.25, 0.3) is 0 Å². The van der Waals surface area contributed by atoms with Crippen LogP contribution in [-0.2, 0) is 4.74 Å². The fourth-order valence-corrected chi connectivity index (χ4v) is 2.08. The maximum Gasteiger partial charge on any atom is 0.317 e. The largest absolute Gasteiger partial charge is 0.373 e. The van der Waals surface area contributed by atoms with E-state index in [0.29, 0.717) is 6.10 Å². The Morgan fingerprint density at radius 3 is 2.69 bits per heavy atom. The number of urea groups is 1. The zero-order valence-electron chi connectivity index (χ0n) is 8.12. The van der Waals surface area contributed by atoms with Crippen molar-refractivity contribution in [3.63, 3.8) is 0 Å². The van der Waals surface area contributed by atoms with Crippen molar-refractivity contribution >= 4 is 6.03 Å². The number of nitrogens with zero attached hydrogens (tertiary/aromatic N) is 1. The van der Waals surface area contributed by atoms with Crippen molar-refractivity contribution in [1.82, 2.24) is 10.2 Å². The number of fused-ring (bicyclic) bond motifs is 2. The Bertz CT molecular complexity index is 218. The maximum atomic E-state index is 11.3. The Morgan fingerprint density at radius 2 is 2.23 bits per heavy atom. The summed E-state index contributed by atoms with van der Waals surface area (Å²) in [5.74, 6) is 0. The number of amides is 2. The summed E-state index contributed by atoms with van der Waals surface area (Å²) in [6, 6.07) is 0.231. The first-order chi connectivity index (χ1) is 6.16. The normalized spacial score (nSPS) is 36.3. The molecule has 0 radical (unpaired) electrons. The topological polar surface area (TPSA) is 41.6 Å². The van der Waals surface area contributed by atoms with Crippen LogP contribution in [0.25, 0.3) is 0 Å². The molecule has 4 heteroatoms. The molecule has 2 aliphatic rings. The summed E-state index contributed by atoms with van der Waals surface area (Å²) in [5, 5.41) is 2.97. The molecule has 13 heavy (non-hydrogen) atoms. The first-order valence-electron chi connectivity index (χ1n) is 4.80. The van der Waals surface area contributed by atoms with Crippen LogP contribution in [0.3, 0.4) is 0 Å². The Kier molecular flexibility index (Phi) is 2.15. The SMILES string of the molecule is CN(C)C(=O)N[C@H]1CC2CCC1O2. The van der Waals surface area contributed by atoms with Crippen LogP contribution in [0.4, 0.5) is 4.79 Å². The second-order valence-corrected chi connectivity index (χ2v) is 4.06. The minimum Gasteiger partial charge on any atom is -0.373 e. The summed E-state index contributed by atoms with van der Waals surface area (Å²) in [4.78, 5) is 12.9. The summed E-state index contributed by atoms with van der Waals surface area (Å²) in [5.41, 5.74) is 0. The molecule has 2 fully saturated rings. The molecule has 2 saturated heterocycles. The molecular formula is C9H16N2O2. The monoisotopic (exact) mass is 184 g/mol. The van der Waals surface area contributed by atoms with Crippen molar-refractivity contribution in [1.29, 1.82) is 0 Å². The first-order valence-corrected chi connectivity index (χ1v) is 4.80. The number of nitrogens with one attached hydrogen (secondary N) is 1. The molecule has 2 aliphatic heterocycles. The van der Waals surface area contributed by atoms with Gasteiger partial charge in [0.2, 0.25) is 0 Å². The van der Waals surface area contributed by atoms with Crippen LogP contribution in [0.5, 0.6) is 0 Å². The lowest BCUT2D eigenvalue weighted by Crippen LogP contribution is -2.45. The van der Waals surface area contributed by atoms with E-state index >= 15 is 0 Å². The van der Waals surface area contributed by atoms with E-state index < -0.39 is 0 Å². The standard InChI is InChI=1S/C9H16N2O2/c1-11(2)9(12)10-7-5-6-3-4-8(7)13-6/h6-8H,3-5H2,1-2H3,(H,10,12)/t6?,7-,8?/m0/s1. The Balaban J connectivity index is 1.86. The van der Waals surface area contributed by atoms with E-state index in [2.05, 4.69) is 5.32 Å². The summed E-state index contributed by atoms with van der Waals surface area (Å²) >= 11 is 0. The summed E-state index contributed by atoms with van der Waals surface area (Å²) in [6.07, 6.45) is 3.93. The van der Waals surface area contributed by atoms with Crippen LogP contribution >= 0.6 is 0 Å². The minimum atomic E-state index is -0.0128. The predicted octanol–water partition coefficient (Wildman–Crippen LogP) is 0.577. The van der Waals surface area contributed by atoms with E-state index in [9.17, 15) is 4.79 Å². The molecule has 2 unspecified atom stereocenters. The van der Waals surface area contributed by atoms with E-state index in [1.807, 2.05) is 0 Å². The van der Waals surface area contributed by atoms with Gasteiger partial charge in [0.1, 0.15) is 0 Å². The molecule has 0 aromatic heterocycles. The molecule has 0 spiro atoms. The molecule has 0 aliphatic carbocycles. The lowest BCUT2D eigenvalue weighted by Gasteiger charge is -2.22. The molecule has 0 aromatic carbocycles. The highest BCUT2D eigenvalue weighted by Gasteiger charge is 2.41. The minimum absolute atomic E-state index is 0.0128. The Hall–Kier alpha value is -0.770. The average Bonchev–Trinajstić information content (AvgIpc) is 2.64. The number of carbonyl (C=O) groups excluding carboxylic acids is 1. The van der Waals surface area contributed by atoms with Gasteiger partial charge in [-0.15, -0.1) is 0 Å². The van der Waals surface area contributed by atoms with Crippen LogP contribution in [0.2, 0.25) is 0 Å². The van der Waals surface area contributed by atoms with Crippen molar-refractivity contribution < 1.29 is 9.53 Å². The predicted molar refractivity (Wildman–Crippen MR) is 48.5 cm³/mol. The van der Waals surface area contributed by atoms with Crippen LogP contribution < -0.4 is 5.32 Å². The highest BCUT2D eigenvalue weighted by Crippen LogP contribution is 2.34. The molecule has 2 rings (SSSR count). The maximum absolute atomic E-state index is 11.3.